The number of aldehydes is 2. The van der Waals surface area contributed by atoms with E-state index in [-0.39, 0.29) is 0 Å². The predicted molar refractivity (Wildman–Crippen MR) is 81.7 cm³/mol. The fourth-order valence-electron chi connectivity index (χ4n) is 1.65. The first kappa shape index (κ1) is 10.3. The number of rotatable bonds is 4. The zero-order chi connectivity index (χ0) is 15.0. The Morgan fingerprint density at radius 3 is 1.42 bits per heavy atom. The van der Waals surface area contributed by atoms with Crippen LogP contribution in [0.3, 0.4) is 0 Å². The van der Waals surface area contributed by atoms with Crippen molar-refractivity contribution in [2.24, 2.45) is 0 Å². The highest BCUT2D eigenvalue weighted by Gasteiger charge is 2.09. The Morgan fingerprint density at radius 2 is 1.05 bits per heavy atom. The Hall–Kier alpha value is -1.56. The minimum atomic E-state index is -0.667. The van der Waals surface area contributed by atoms with E-state index in [1.54, 1.807) is 23.5 Å². The van der Waals surface area contributed by atoms with E-state index in [0.717, 1.165) is 19.5 Å². The summed E-state index contributed by atoms with van der Waals surface area (Å²) in [5.41, 5.74) is 0. The summed E-state index contributed by atoms with van der Waals surface area (Å²) in [5.74, 6) is 0. The highest BCUT2D eigenvalue weighted by Crippen LogP contribution is 2.39. The molecule has 0 atom stereocenters. The molecule has 3 aromatic rings. The molecule has 2 nitrogen and oxygen atoms in total. The van der Waals surface area contributed by atoms with Crippen LogP contribution in [0.15, 0.2) is 36.4 Å². The van der Waals surface area contributed by atoms with Gasteiger partial charge in [0.25, 0.3) is 0 Å². The molecule has 0 aliphatic heterocycles. The van der Waals surface area contributed by atoms with Crippen LogP contribution in [-0.2, 0) is 0 Å². The van der Waals surface area contributed by atoms with Crippen LogP contribution in [0.25, 0.3) is 19.5 Å². The molecule has 0 N–H and O–H groups in total. The van der Waals surface area contributed by atoms with Gasteiger partial charge in [-0.1, -0.05) is 0 Å². The molecule has 0 radical (unpaired) electrons. The summed E-state index contributed by atoms with van der Waals surface area (Å²) in [4.78, 5) is 26.8. The molecule has 0 fully saturated rings. The van der Waals surface area contributed by atoms with Crippen molar-refractivity contribution in [2.45, 2.75) is 0 Å². The molecule has 0 aliphatic rings. The van der Waals surface area contributed by atoms with Crippen LogP contribution < -0.4 is 0 Å². The molecule has 5 heteroatoms. The maximum Gasteiger partial charge on any atom is 0.160 e. The smallest absolute Gasteiger partial charge is 0.160 e. The molecule has 3 heterocycles. The minimum absolute atomic E-state index is 0.429. The Morgan fingerprint density at radius 1 is 0.684 bits per heavy atom. The van der Waals surface area contributed by atoms with Crippen molar-refractivity contribution in [3.05, 3.63) is 46.2 Å². The molecule has 0 aliphatic carbocycles. The molecule has 0 unspecified atom stereocenters. The van der Waals surface area contributed by atoms with Gasteiger partial charge in [0.2, 0.25) is 0 Å². The lowest BCUT2D eigenvalue weighted by Gasteiger charge is -1.90. The SMILES string of the molecule is [2H]C(=O)c1ccc(-c2ccc(-c3ccc(C([2H])=O)s3)s2)s1. The van der Waals surface area contributed by atoms with Gasteiger partial charge in [-0.15, -0.1) is 34.0 Å². The van der Waals surface area contributed by atoms with Gasteiger partial charge in [0.1, 0.15) is 2.74 Å². The third kappa shape index (κ3) is 2.45. The molecular formula is C14H8O2S3. The molecule has 0 saturated heterocycles. The van der Waals surface area contributed by atoms with Crippen LogP contribution in [0, 0.1) is 0 Å². The van der Waals surface area contributed by atoms with Crippen molar-refractivity contribution >= 4 is 46.5 Å². The average Bonchev–Trinajstić information content (AvgIpc) is 3.18. The van der Waals surface area contributed by atoms with Crippen molar-refractivity contribution in [1.29, 1.82) is 0 Å². The van der Waals surface area contributed by atoms with Crippen LogP contribution in [0.2, 0.25) is 0 Å². The van der Waals surface area contributed by atoms with Crippen LogP contribution in [0.1, 0.15) is 22.1 Å². The van der Waals surface area contributed by atoms with Gasteiger partial charge in [0.15, 0.2) is 12.5 Å². The number of carbonyl (C=O) groups excluding carboxylic acids is 2. The lowest BCUT2D eigenvalue weighted by Crippen LogP contribution is -1.62. The van der Waals surface area contributed by atoms with E-state index < -0.39 is 12.5 Å². The number of hydrogen-bond donors (Lipinski definition) is 0. The summed E-state index contributed by atoms with van der Waals surface area (Å²) >= 11 is 4.18. The minimum Gasteiger partial charge on any atom is -0.297 e. The monoisotopic (exact) mass is 306 g/mol. The molecule has 0 saturated carbocycles. The van der Waals surface area contributed by atoms with Crippen molar-refractivity contribution in [3.63, 3.8) is 0 Å². The summed E-state index contributed by atoms with van der Waals surface area (Å²) in [7, 11) is 0. The summed E-state index contributed by atoms with van der Waals surface area (Å²) in [6.45, 7) is 0. The maximum absolute atomic E-state index is 11.0. The molecule has 19 heavy (non-hydrogen) atoms. The van der Waals surface area contributed by atoms with E-state index in [9.17, 15) is 9.59 Å². The van der Waals surface area contributed by atoms with Gasteiger partial charge < -0.3 is 0 Å². The molecule has 0 aromatic carbocycles. The van der Waals surface area contributed by atoms with Crippen molar-refractivity contribution in [1.82, 2.24) is 0 Å². The lowest BCUT2D eigenvalue weighted by molar-refractivity contribution is 0.111. The van der Waals surface area contributed by atoms with E-state index in [0.29, 0.717) is 9.75 Å². The summed E-state index contributed by atoms with van der Waals surface area (Å²) in [6, 6.07) is 10.9. The maximum atomic E-state index is 11.0. The third-order valence-corrected chi connectivity index (χ3v) is 5.95. The highest BCUT2D eigenvalue weighted by atomic mass is 32.1. The molecule has 0 bridgehead atoms. The van der Waals surface area contributed by atoms with Crippen LogP contribution in [-0.4, -0.2) is 12.5 Å². The first-order valence-electron chi connectivity index (χ1n) is 6.37. The summed E-state index contributed by atoms with van der Waals surface area (Å²) in [6.07, 6.45) is -1.33. The van der Waals surface area contributed by atoms with E-state index in [1.807, 2.05) is 24.3 Å². The van der Waals surface area contributed by atoms with Gasteiger partial charge in [0.05, 0.1) is 9.75 Å². The second kappa shape index (κ2) is 5.21. The number of carbonyl (C=O) groups is 2. The Balaban J connectivity index is 1.91. The molecule has 3 aromatic heterocycles. The normalized spacial score (nSPS) is 12.0. The first-order chi connectivity index (χ1) is 10.0. The van der Waals surface area contributed by atoms with E-state index in [4.69, 9.17) is 2.74 Å². The molecule has 3 rings (SSSR count). The van der Waals surface area contributed by atoms with Gasteiger partial charge in [0, 0.05) is 19.5 Å². The van der Waals surface area contributed by atoms with Gasteiger partial charge in [-0.2, -0.15) is 0 Å². The quantitative estimate of drug-likeness (QED) is 0.647. The zero-order valence-corrected chi connectivity index (χ0v) is 12.0. The lowest BCUT2D eigenvalue weighted by atomic mass is 10.3. The number of hydrogen-bond acceptors (Lipinski definition) is 5. The Bertz CT molecular complexity index is 762. The van der Waals surface area contributed by atoms with E-state index in [1.165, 1.54) is 22.7 Å². The van der Waals surface area contributed by atoms with Crippen molar-refractivity contribution < 1.29 is 12.3 Å². The largest absolute Gasteiger partial charge is 0.297 e. The molecule has 0 amide bonds. The second-order valence-electron chi connectivity index (χ2n) is 3.70. The third-order valence-electron chi connectivity index (χ3n) is 2.50. The highest BCUT2D eigenvalue weighted by molar-refractivity contribution is 7.27. The van der Waals surface area contributed by atoms with Crippen molar-refractivity contribution in [3.8, 4) is 19.5 Å². The molecular weight excluding hydrogens is 296 g/mol. The average molecular weight is 306 g/mol. The van der Waals surface area contributed by atoms with Gasteiger partial charge >= 0.3 is 0 Å². The Kier molecular flexibility index (Phi) is 2.81. The van der Waals surface area contributed by atoms with Crippen LogP contribution >= 0.6 is 34.0 Å². The van der Waals surface area contributed by atoms with Crippen LogP contribution in [0.4, 0.5) is 0 Å². The van der Waals surface area contributed by atoms with Gasteiger partial charge in [-0.3, -0.25) is 9.59 Å². The zero-order valence-electron chi connectivity index (χ0n) is 11.5. The Labute approximate surface area is 124 Å². The first-order valence-corrected chi connectivity index (χ1v) is 7.81. The fraction of sp³-hybridized carbons (Fsp3) is 0. The van der Waals surface area contributed by atoms with E-state index in [2.05, 4.69) is 0 Å². The van der Waals surface area contributed by atoms with Crippen LogP contribution in [0.5, 0.6) is 0 Å². The topological polar surface area (TPSA) is 34.1 Å². The van der Waals surface area contributed by atoms with Gasteiger partial charge in [-0.05, 0) is 36.4 Å². The van der Waals surface area contributed by atoms with E-state index >= 15 is 0 Å². The standard InChI is InChI=1S/C14H8O2S3/c15-7-9-1-3-11(17-9)13-5-6-14(19-13)12-4-2-10(8-16)18-12/h1-8H/i7D,8D. The fourth-order valence-corrected chi connectivity index (χ4v) is 4.44. The summed E-state index contributed by atoms with van der Waals surface area (Å²) in [5, 5.41) is 0. The van der Waals surface area contributed by atoms with Gasteiger partial charge in [-0.25, -0.2) is 0 Å². The number of thiophene rings is 3. The summed E-state index contributed by atoms with van der Waals surface area (Å²) < 4.78 is 14.2. The predicted octanol–water partition coefficient (Wildman–Crippen LogP) is 4.83. The molecule has 94 valence electrons. The van der Waals surface area contributed by atoms with Crippen molar-refractivity contribution in [2.75, 3.05) is 0 Å². The molecule has 0 spiro atoms. The second-order valence-corrected chi connectivity index (χ2v) is 6.95.